The third-order valence-electron chi connectivity index (χ3n) is 2.01. The van der Waals surface area contributed by atoms with Gasteiger partial charge in [-0.25, -0.2) is 4.79 Å². The maximum atomic E-state index is 11.0. The summed E-state index contributed by atoms with van der Waals surface area (Å²) < 4.78 is 9.99. The molecular weight excluding hydrogens is 196 g/mol. The van der Waals surface area contributed by atoms with Gasteiger partial charge >= 0.3 is 5.97 Å². The van der Waals surface area contributed by atoms with Crippen molar-refractivity contribution in [2.24, 2.45) is 0 Å². The zero-order chi connectivity index (χ0) is 11.4. The van der Waals surface area contributed by atoms with E-state index in [9.17, 15) is 4.79 Å². The molecule has 0 amide bonds. The molecule has 80 valence electrons. The van der Waals surface area contributed by atoms with Crippen molar-refractivity contribution in [3.63, 3.8) is 0 Å². The first kappa shape index (κ1) is 11.1. The first-order valence-corrected chi connectivity index (χ1v) is 4.26. The molecule has 4 nitrogen and oxygen atoms in total. The Morgan fingerprint density at radius 3 is 2.47 bits per heavy atom. The minimum absolute atomic E-state index is 0.0115. The maximum absolute atomic E-state index is 11.0. The van der Waals surface area contributed by atoms with Gasteiger partial charge in [-0.05, 0) is 12.1 Å². The highest BCUT2D eigenvalue weighted by Gasteiger charge is 2.19. The lowest BCUT2D eigenvalue weighted by Crippen LogP contribution is -2.05. The molecule has 0 aromatic heterocycles. The molecule has 0 aliphatic carbocycles. The van der Waals surface area contributed by atoms with E-state index < -0.39 is 5.97 Å². The van der Waals surface area contributed by atoms with Crippen LogP contribution in [0, 0.1) is 0 Å². The molecule has 0 saturated heterocycles. The van der Waals surface area contributed by atoms with Crippen LogP contribution in [0.5, 0.6) is 11.5 Å². The topological polar surface area (TPSA) is 55.8 Å². The van der Waals surface area contributed by atoms with Gasteiger partial charge < -0.3 is 14.6 Å². The summed E-state index contributed by atoms with van der Waals surface area (Å²) in [7, 11) is 2.82. The van der Waals surface area contributed by atoms with Crippen molar-refractivity contribution in [1.82, 2.24) is 0 Å². The predicted octanol–water partition coefficient (Wildman–Crippen LogP) is 2.04. The number of hydrogen-bond donors (Lipinski definition) is 1. The van der Waals surface area contributed by atoms with Crippen molar-refractivity contribution in [3.05, 3.63) is 29.8 Å². The lowest BCUT2D eigenvalue weighted by molar-refractivity contribution is 0.0689. The summed E-state index contributed by atoms with van der Waals surface area (Å²) in [4.78, 5) is 11.0. The van der Waals surface area contributed by atoms with E-state index in [0.717, 1.165) is 0 Å². The number of carboxylic acids is 1. The fourth-order valence-corrected chi connectivity index (χ4v) is 1.33. The molecule has 1 aromatic carbocycles. The molecule has 0 saturated carbocycles. The molecule has 0 unspecified atom stereocenters. The largest absolute Gasteiger partial charge is 0.496 e. The van der Waals surface area contributed by atoms with E-state index in [1.54, 1.807) is 12.1 Å². The van der Waals surface area contributed by atoms with Gasteiger partial charge in [0.05, 0.1) is 14.2 Å². The first-order chi connectivity index (χ1) is 7.15. The standard InChI is InChI=1S/C11H12O4/c1-4-7-5-6-8(14-2)9(11(12)13)10(7)15-3/h4-6H,1H2,2-3H3,(H,12,13). The summed E-state index contributed by atoms with van der Waals surface area (Å²) in [5, 5.41) is 9.03. The number of methoxy groups -OCH3 is 2. The van der Waals surface area contributed by atoms with Gasteiger partial charge in [-0.3, -0.25) is 0 Å². The van der Waals surface area contributed by atoms with Crippen LogP contribution in [0.3, 0.4) is 0 Å². The Morgan fingerprint density at radius 1 is 1.40 bits per heavy atom. The Hall–Kier alpha value is -1.97. The molecule has 0 atom stereocenters. The second kappa shape index (κ2) is 4.50. The summed E-state index contributed by atoms with van der Waals surface area (Å²) in [6.07, 6.45) is 1.53. The van der Waals surface area contributed by atoms with E-state index in [1.807, 2.05) is 0 Å². The van der Waals surface area contributed by atoms with Crippen LogP contribution in [0.2, 0.25) is 0 Å². The van der Waals surface area contributed by atoms with Gasteiger partial charge in [-0.2, -0.15) is 0 Å². The number of benzene rings is 1. The highest BCUT2D eigenvalue weighted by molar-refractivity contribution is 5.95. The summed E-state index contributed by atoms with van der Waals surface area (Å²) in [6, 6.07) is 3.26. The summed E-state index contributed by atoms with van der Waals surface area (Å²) in [6.45, 7) is 3.58. The minimum atomic E-state index is -1.09. The quantitative estimate of drug-likeness (QED) is 0.822. The van der Waals surface area contributed by atoms with Gasteiger partial charge in [-0.1, -0.05) is 12.7 Å². The second-order valence-corrected chi connectivity index (χ2v) is 2.77. The summed E-state index contributed by atoms with van der Waals surface area (Å²) in [5.41, 5.74) is 0.633. The summed E-state index contributed by atoms with van der Waals surface area (Å²) in [5.74, 6) is -0.561. The molecule has 1 rings (SSSR count). The number of carboxylic acid groups (broad SMARTS) is 1. The van der Waals surface area contributed by atoms with Crippen LogP contribution >= 0.6 is 0 Å². The van der Waals surface area contributed by atoms with Crippen molar-refractivity contribution >= 4 is 12.0 Å². The molecule has 4 heteroatoms. The Morgan fingerprint density at radius 2 is 2.07 bits per heavy atom. The molecule has 0 spiro atoms. The molecule has 15 heavy (non-hydrogen) atoms. The molecule has 0 fully saturated rings. The van der Waals surface area contributed by atoms with E-state index in [4.69, 9.17) is 14.6 Å². The van der Waals surface area contributed by atoms with Crippen LogP contribution in [0.25, 0.3) is 6.08 Å². The van der Waals surface area contributed by atoms with Gasteiger partial charge in [0.1, 0.15) is 17.1 Å². The van der Waals surface area contributed by atoms with Crippen molar-refractivity contribution in [2.75, 3.05) is 14.2 Å². The third kappa shape index (κ3) is 1.93. The molecular formula is C11H12O4. The third-order valence-corrected chi connectivity index (χ3v) is 2.01. The van der Waals surface area contributed by atoms with Crippen LogP contribution in [-0.2, 0) is 0 Å². The highest BCUT2D eigenvalue weighted by atomic mass is 16.5. The van der Waals surface area contributed by atoms with Gasteiger partial charge in [0.15, 0.2) is 0 Å². The fourth-order valence-electron chi connectivity index (χ4n) is 1.33. The second-order valence-electron chi connectivity index (χ2n) is 2.77. The minimum Gasteiger partial charge on any atom is -0.496 e. The van der Waals surface area contributed by atoms with Crippen molar-refractivity contribution in [3.8, 4) is 11.5 Å². The number of carbonyl (C=O) groups is 1. The Balaban J connectivity index is 3.51. The highest BCUT2D eigenvalue weighted by Crippen LogP contribution is 2.32. The fraction of sp³-hybridized carbons (Fsp3) is 0.182. The monoisotopic (exact) mass is 208 g/mol. The Labute approximate surface area is 87.7 Å². The number of rotatable bonds is 4. The van der Waals surface area contributed by atoms with Crippen molar-refractivity contribution < 1.29 is 19.4 Å². The molecule has 1 N–H and O–H groups in total. The SMILES string of the molecule is C=Cc1ccc(OC)c(C(=O)O)c1OC. The lowest BCUT2D eigenvalue weighted by Gasteiger charge is -2.12. The lowest BCUT2D eigenvalue weighted by atomic mass is 10.1. The normalized spacial score (nSPS) is 9.47. The Kier molecular flexibility index (Phi) is 3.33. The number of ether oxygens (including phenoxy) is 2. The molecule has 0 radical (unpaired) electrons. The molecule has 0 heterocycles. The van der Waals surface area contributed by atoms with E-state index >= 15 is 0 Å². The average molecular weight is 208 g/mol. The van der Waals surface area contributed by atoms with Crippen molar-refractivity contribution in [1.29, 1.82) is 0 Å². The zero-order valence-corrected chi connectivity index (χ0v) is 8.61. The number of aromatic carboxylic acids is 1. The zero-order valence-electron chi connectivity index (χ0n) is 8.61. The predicted molar refractivity (Wildman–Crippen MR) is 56.6 cm³/mol. The van der Waals surface area contributed by atoms with E-state index in [-0.39, 0.29) is 17.1 Å². The van der Waals surface area contributed by atoms with Crippen LogP contribution < -0.4 is 9.47 Å². The summed E-state index contributed by atoms with van der Waals surface area (Å²) >= 11 is 0. The molecule has 0 aliphatic heterocycles. The van der Waals surface area contributed by atoms with Gasteiger partial charge in [0.2, 0.25) is 0 Å². The van der Waals surface area contributed by atoms with E-state index in [2.05, 4.69) is 6.58 Å². The molecule has 0 bridgehead atoms. The van der Waals surface area contributed by atoms with E-state index in [0.29, 0.717) is 5.56 Å². The molecule has 1 aromatic rings. The van der Waals surface area contributed by atoms with Crippen LogP contribution in [0.1, 0.15) is 15.9 Å². The number of hydrogen-bond acceptors (Lipinski definition) is 3. The van der Waals surface area contributed by atoms with Crippen molar-refractivity contribution in [2.45, 2.75) is 0 Å². The van der Waals surface area contributed by atoms with Crippen LogP contribution in [-0.4, -0.2) is 25.3 Å². The van der Waals surface area contributed by atoms with Crippen LogP contribution in [0.15, 0.2) is 18.7 Å². The van der Waals surface area contributed by atoms with Gasteiger partial charge in [0, 0.05) is 5.56 Å². The average Bonchev–Trinajstić information content (AvgIpc) is 2.26. The van der Waals surface area contributed by atoms with Crippen LogP contribution in [0.4, 0.5) is 0 Å². The maximum Gasteiger partial charge on any atom is 0.343 e. The first-order valence-electron chi connectivity index (χ1n) is 4.26. The van der Waals surface area contributed by atoms with Gasteiger partial charge in [0.25, 0.3) is 0 Å². The van der Waals surface area contributed by atoms with Gasteiger partial charge in [-0.15, -0.1) is 0 Å². The van der Waals surface area contributed by atoms with E-state index in [1.165, 1.54) is 20.3 Å². The smallest absolute Gasteiger partial charge is 0.343 e. The molecule has 0 aliphatic rings. The Bertz CT molecular complexity index is 396.